The van der Waals surface area contributed by atoms with Crippen LogP contribution >= 0.6 is 0 Å². The number of nitrogens with zero attached hydrogens (tertiary/aromatic N) is 1. The Morgan fingerprint density at radius 3 is 1.55 bits per heavy atom. The molecular weight excluding hydrogens is 250 g/mol. The van der Waals surface area contributed by atoms with Crippen molar-refractivity contribution in [1.82, 2.24) is 4.90 Å². The Morgan fingerprint density at radius 1 is 0.650 bits per heavy atom. The van der Waals surface area contributed by atoms with Gasteiger partial charge in [0.1, 0.15) is 0 Å². The van der Waals surface area contributed by atoms with Crippen molar-refractivity contribution in [3.8, 4) is 0 Å². The zero-order chi connectivity index (χ0) is 15.1. The van der Waals surface area contributed by atoms with E-state index in [1.165, 1.54) is 57.8 Å². The van der Waals surface area contributed by atoms with Crippen LogP contribution in [-0.2, 0) is 0 Å². The molecule has 2 N–H and O–H groups in total. The molecule has 0 atom stereocenters. The van der Waals surface area contributed by atoms with Gasteiger partial charge in [-0.2, -0.15) is 0 Å². The molecule has 0 saturated heterocycles. The Kier molecular flexibility index (Phi) is 15.2. The standard InChI is InChI=1S/C17H37NO2/c1-17(2)11-9-7-5-3-4-6-8-10-12-18(13-15-19)14-16-20/h17,19-20H,3-16H2,1-2H3. The van der Waals surface area contributed by atoms with E-state index in [1.54, 1.807) is 0 Å². The van der Waals surface area contributed by atoms with Crippen LogP contribution in [0, 0.1) is 5.92 Å². The fourth-order valence-corrected chi connectivity index (χ4v) is 2.57. The molecular formula is C17H37NO2. The first-order valence-electron chi connectivity index (χ1n) is 8.64. The van der Waals surface area contributed by atoms with E-state index in [0.29, 0.717) is 13.1 Å². The number of hydrogen-bond acceptors (Lipinski definition) is 3. The summed E-state index contributed by atoms with van der Waals surface area (Å²) < 4.78 is 0. The molecule has 0 spiro atoms. The van der Waals surface area contributed by atoms with E-state index < -0.39 is 0 Å². The van der Waals surface area contributed by atoms with Gasteiger partial charge >= 0.3 is 0 Å². The highest BCUT2D eigenvalue weighted by atomic mass is 16.3. The zero-order valence-electron chi connectivity index (χ0n) is 13.8. The van der Waals surface area contributed by atoms with E-state index in [1.807, 2.05) is 0 Å². The number of rotatable bonds is 15. The number of aliphatic hydroxyl groups excluding tert-OH is 2. The minimum Gasteiger partial charge on any atom is -0.395 e. The van der Waals surface area contributed by atoms with Gasteiger partial charge in [-0.25, -0.2) is 0 Å². The highest BCUT2D eigenvalue weighted by Gasteiger charge is 2.02. The molecule has 0 radical (unpaired) electrons. The Balaban J connectivity index is 3.22. The van der Waals surface area contributed by atoms with Gasteiger partial charge in [0.15, 0.2) is 0 Å². The Morgan fingerprint density at radius 2 is 1.10 bits per heavy atom. The van der Waals surface area contributed by atoms with Crippen LogP contribution in [0.1, 0.15) is 71.6 Å². The highest BCUT2D eigenvalue weighted by molar-refractivity contribution is 4.57. The van der Waals surface area contributed by atoms with Crippen LogP contribution in [0.2, 0.25) is 0 Å². The lowest BCUT2D eigenvalue weighted by atomic mass is 10.0. The molecule has 3 nitrogen and oxygen atoms in total. The summed E-state index contributed by atoms with van der Waals surface area (Å²) in [5.74, 6) is 0.857. The summed E-state index contributed by atoms with van der Waals surface area (Å²) in [7, 11) is 0. The maximum atomic E-state index is 8.92. The Labute approximate surface area is 126 Å². The Hall–Kier alpha value is -0.120. The molecule has 20 heavy (non-hydrogen) atoms. The van der Waals surface area contributed by atoms with Gasteiger partial charge in [-0.15, -0.1) is 0 Å². The zero-order valence-corrected chi connectivity index (χ0v) is 13.8. The summed E-state index contributed by atoms with van der Waals surface area (Å²) >= 11 is 0. The summed E-state index contributed by atoms with van der Waals surface area (Å²) in [6.07, 6.45) is 12.1. The SMILES string of the molecule is CC(C)CCCCCCCCCCN(CCO)CCO. The molecule has 122 valence electrons. The van der Waals surface area contributed by atoms with Gasteiger partial charge in [0.05, 0.1) is 13.2 Å². The first kappa shape index (κ1) is 19.9. The van der Waals surface area contributed by atoms with Crippen molar-refractivity contribution >= 4 is 0 Å². The maximum absolute atomic E-state index is 8.92. The first-order valence-corrected chi connectivity index (χ1v) is 8.64. The molecule has 0 amide bonds. The van der Waals surface area contributed by atoms with Crippen LogP contribution in [0.25, 0.3) is 0 Å². The van der Waals surface area contributed by atoms with Crippen molar-refractivity contribution in [3.63, 3.8) is 0 Å². The molecule has 0 unspecified atom stereocenters. The van der Waals surface area contributed by atoms with E-state index in [9.17, 15) is 0 Å². The molecule has 0 saturated carbocycles. The van der Waals surface area contributed by atoms with Crippen LogP contribution in [0.15, 0.2) is 0 Å². The second-order valence-electron chi connectivity index (χ2n) is 6.30. The van der Waals surface area contributed by atoms with Gasteiger partial charge in [0, 0.05) is 13.1 Å². The fourth-order valence-electron chi connectivity index (χ4n) is 2.57. The molecule has 0 heterocycles. The van der Waals surface area contributed by atoms with E-state index in [0.717, 1.165) is 12.5 Å². The van der Waals surface area contributed by atoms with Crippen molar-refractivity contribution in [1.29, 1.82) is 0 Å². The van der Waals surface area contributed by atoms with E-state index in [2.05, 4.69) is 18.7 Å². The van der Waals surface area contributed by atoms with Gasteiger partial charge in [0.2, 0.25) is 0 Å². The molecule has 0 aromatic carbocycles. The average Bonchev–Trinajstić information content (AvgIpc) is 2.41. The van der Waals surface area contributed by atoms with Crippen LogP contribution < -0.4 is 0 Å². The van der Waals surface area contributed by atoms with Gasteiger partial charge in [-0.1, -0.05) is 65.2 Å². The molecule has 0 aliphatic rings. The van der Waals surface area contributed by atoms with Crippen molar-refractivity contribution < 1.29 is 10.2 Å². The Bertz CT molecular complexity index is 180. The predicted octanol–water partition coefficient (Wildman–Crippen LogP) is 3.44. The molecule has 0 rings (SSSR count). The lowest BCUT2D eigenvalue weighted by molar-refractivity contribution is 0.159. The van der Waals surface area contributed by atoms with Gasteiger partial charge < -0.3 is 10.2 Å². The molecule has 0 aliphatic carbocycles. The van der Waals surface area contributed by atoms with Crippen LogP contribution in [-0.4, -0.2) is 48.0 Å². The minimum atomic E-state index is 0.191. The van der Waals surface area contributed by atoms with E-state index in [-0.39, 0.29) is 13.2 Å². The molecule has 0 aromatic rings. The molecule has 0 aliphatic heterocycles. The van der Waals surface area contributed by atoms with Crippen LogP contribution in [0.5, 0.6) is 0 Å². The number of aliphatic hydroxyl groups is 2. The monoisotopic (exact) mass is 287 g/mol. The molecule has 0 aromatic heterocycles. The third kappa shape index (κ3) is 14.3. The summed E-state index contributed by atoms with van der Waals surface area (Å²) in [4.78, 5) is 2.14. The third-order valence-electron chi connectivity index (χ3n) is 3.84. The number of hydrogen-bond donors (Lipinski definition) is 2. The smallest absolute Gasteiger partial charge is 0.0558 e. The second-order valence-corrected chi connectivity index (χ2v) is 6.30. The maximum Gasteiger partial charge on any atom is 0.0558 e. The van der Waals surface area contributed by atoms with Gasteiger partial charge in [-0.3, -0.25) is 4.90 Å². The van der Waals surface area contributed by atoms with Crippen molar-refractivity contribution in [2.24, 2.45) is 5.92 Å². The third-order valence-corrected chi connectivity index (χ3v) is 3.84. The van der Waals surface area contributed by atoms with Crippen molar-refractivity contribution in [2.75, 3.05) is 32.8 Å². The average molecular weight is 287 g/mol. The van der Waals surface area contributed by atoms with Crippen LogP contribution in [0.4, 0.5) is 0 Å². The quantitative estimate of drug-likeness (QED) is 0.453. The largest absolute Gasteiger partial charge is 0.395 e. The summed E-state index contributed by atoms with van der Waals surface area (Å²) in [6, 6.07) is 0. The normalized spacial score (nSPS) is 11.7. The summed E-state index contributed by atoms with van der Waals surface area (Å²) in [6.45, 7) is 7.38. The molecule has 3 heteroatoms. The summed E-state index contributed by atoms with van der Waals surface area (Å²) in [5, 5.41) is 17.8. The van der Waals surface area contributed by atoms with Gasteiger partial charge in [-0.05, 0) is 18.9 Å². The molecule has 0 bridgehead atoms. The highest BCUT2D eigenvalue weighted by Crippen LogP contribution is 2.12. The van der Waals surface area contributed by atoms with Crippen molar-refractivity contribution in [3.05, 3.63) is 0 Å². The topological polar surface area (TPSA) is 43.7 Å². The fraction of sp³-hybridized carbons (Fsp3) is 1.00. The lowest BCUT2D eigenvalue weighted by Crippen LogP contribution is -2.30. The van der Waals surface area contributed by atoms with E-state index >= 15 is 0 Å². The minimum absolute atomic E-state index is 0.191. The molecule has 0 fully saturated rings. The second kappa shape index (κ2) is 15.3. The van der Waals surface area contributed by atoms with Crippen LogP contribution in [0.3, 0.4) is 0 Å². The first-order chi connectivity index (χ1) is 9.70. The van der Waals surface area contributed by atoms with E-state index in [4.69, 9.17) is 10.2 Å². The predicted molar refractivity (Wildman–Crippen MR) is 87.0 cm³/mol. The van der Waals surface area contributed by atoms with Crippen molar-refractivity contribution in [2.45, 2.75) is 71.6 Å². The number of unbranched alkanes of at least 4 members (excludes halogenated alkanes) is 7. The lowest BCUT2D eigenvalue weighted by Gasteiger charge is -2.19. The summed E-state index contributed by atoms with van der Waals surface area (Å²) in [5.41, 5.74) is 0. The van der Waals surface area contributed by atoms with Gasteiger partial charge in [0.25, 0.3) is 0 Å².